The summed E-state index contributed by atoms with van der Waals surface area (Å²) < 4.78 is 0. The van der Waals surface area contributed by atoms with Crippen LogP contribution in [0.2, 0.25) is 0 Å². The number of hydrogen-bond donors (Lipinski definition) is 1. The highest BCUT2D eigenvalue weighted by molar-refractivity contribution is 5.45. The Morgan fingerprint density at radius 1 is 1.07 bits per heavy atom. The first-order valence-electron chi connectivity index (χ1n) is 5.13. The topological polar surface area (TPSA) is 20.2 Å². The zero-order valence-corrected chi connectivity index (χ0v) is 10.5. The van der Waals surface area contributed by atoms with Crippen molar-refractivity contribution in [3.63, 3.8) is 0 Å². The molecule has 1 aromatic carbocycles. The highest BCUT2D eigenvalue weighted by Gasteiger charge is 2.19. The summed E-state index contributed by atoms with van der Waals surface area (Å²) >= 11 is 0. The minimum Gasteiger partial charge on any atom is -0.507 e. The van der Waals surface area contributed by atoms with E-state index in [1.807, 2.05) is 13.0 Å². The van der Waals surface area contributed by atoms with Crippen molar-refractivity contribution in [1.29, 1.82) is 0 Å². The molecule has 1 heteroatoms. The Balaban J connectivity index is 0.000000921. The van der Waals surface area contributed by atoms with E-state index in [1.54, 1.807) is 0 Å². The van der Waals surface area contributed by atoms with Crippen molar-refractivity contribution in [2.24, 2.45) is 0 Å². The fourth-order valence-corrected chi connectivity index (χ4v) is 1.53. The summed E-state index contributed by atoms with van der Waals surface area (Å²) in [5.41, 5.74) is 3.22. The lowest BCUT2D eigenvalue weighted by atomic mass is 9.84. The van der Waals surface area contributed by atoms with Gasteiger partial charge in [0.1, 0.15) is 5.75 Å². The van der Waals surface area contributed by atoms with Crippen LogP contribution in [-0.2, 0) is 5.41 Å². The fraction of sp³-hybridized carbons (Fsp3) is 0.429. The molecule has 0 heterocycles. The number of hydrogen-bond acceptors (Lipinski definition) is 1. The molecule has 1 nitrogen and oxygen atoms in total. The quantitative estimate of drug-likeness (QED) is 0.633. The van der Waals surface area contributed by atoms with E-state index in [-0.39, 0.29) is 5.41 Å². The third kappa shape index (κ3) is 3.43. The number of benzene rings is 1. The Morgan fingerprint density at radius 3 is 1.93 bits per heavy atom. The molecule has 0 bridgehead atoms. The molecule has 0 saturated heterocycles. The smallest absolute Gasteiger partial charge is 0.122 e. The average molecular weight is 206 g/mol. The third-order valence-corrected chi connectivity index (χ3v) is 2.25. The minimum absolute atomic E-state index is 0.0147. The van der Waals surface area contributed by atoms with Gasteiger partial charge in [0.15, 0.2) is 0 Å². The summed E-state index contributed by atoms with van der Waals surface area (Å²) in [6.07, 6.45) is 0. The Kier molecular flexibility index (Phi) is 4.60. The van der Waals surface area contributed by atoms with E-state index in [2.05, 4.69) is 46.9 Å². The van der Waals surface area contributed by atoms with Crippen molar-refractivity contribution in [2.75, 3.05) is 0 Å². The molecule has 1 rings (SSSR count). The van der Waals surface area contributed by atoms with Gasteiger partial charge in [0.05, 0.1) is 0 Å². The largest absolute Gasteiger partial charge is 0.507 e. The molecular formula is C14H22O. The van der Waals surface area contributed by atoms with Crippen LogP contribution < -0.4 is 0 Å². The first kappa shape index (κ1) is 13.8. The fourth-order valence-electron chi connectivity index (χ4n) is 1.53. The van der Waals surface area contributed by atoms with Crippen LogP contribution in [0.25, 0.3) is 0 Å². The van der Waals surface area contributed by atoms with Crippen molar-refractivity contribution < 1.29 is 5.11 Å². The monoisotopic (exact) mass is 206 g/mol. The van der Waals surface area contributed by atoms with Gasteiger partial charge in [-0.2, -0.15) is 0 Å². The minimum atomic E-state index is 0.0147. The predicted octanol–water partition coefficient (Wildman–Crippen LogP) is 4.11. The van der Waals surface area contributed by atoms with Crippen molar-refractivity contribution in [3.8, 4) is 5.75 Å². The lowest BCUT2D eigenvalue weighted by Crippen LogP contribution is -2.12. The van der Waals surface area contributed by atoms with Crippen LogP contribution in [-0.4, -0.2) is 5.11 Å². The highest BCUT2D eigenvalue weighted by atomic mass is 16.3. The standard InChI is InChI=1S/C12H18O.C2H4/c1-8-6-9(2)11(13)10(7-8)12(3,4)5;1-2/h6-7,13H,1-5H3;1-2H2. The van der Waals surface area contributed by atoms with E-state index in [0.29, 0.717) is 5.75 Å². The van der Waals surface area contributed by atoms with E-state index in [4.69, 9.17) is 0 Å². The first-order valence-corrected chi connectivity index (χ1v) is 5.13. The second-order valence-corrected chi connectivity index (χ2v) is 4.73. The lowest BCUT2D eigenvalue weighted by molar-refractivity contribution is 0.442. The molecule has 0 radical (unpaired) electrons. The summed E-state index contributed by atoms with van der Waals surface area (Å²) in [6, 6.07) is 4.06. The highest BCUT2D eigenvalue weighted by Crippen LogP contribution is 2.33. The van der Waals surface area contributed by atoms with E-state index in [1.165, 1.54) is 5.56 Å². The van der Waals surface area contributed by atoms with Gasteiger partial charge in [-0.3, -0.25) is 0 Å². The number of aryl methyl sites for hydroxylation is 2. The zero-order chi connectivity index (χ0) is 12.2. The SMILES string of the molecule is C=C.Cc1cc(C)c(O)c(C(C)(C)C)c1. The molecule has 84 valence electrons. The zero-order valence-electron chi connectivity index (χ0n) is 10.5. The van der Waals surface area contributed by atoms with Crippen LogP contribution in [0, 0.1) is 13.8 Å². The van der Waals surface area contributed by atoms with Gasteiger partial charge < -0.3 is 5.11 Å². The number of rotatable bonds is 0. The van der Waals surface area contributed by atoms with Gasteiger partial charge in [-0.15, -0.1) is 13.2 Å². The van der Waals surface area contributed by atoms with Crippen LogP contribution >= 0.6 is 0 Å². The van der Waals surface area contributed by atoms with Gasteiger partial charge >= 0.3 is 0 Å². The predicted molar refractivity (Wildman–Crippen MR) is 67.5 cm³/mol. The van der Waals surface area contributed by atoms with Crippen LogP contribution in [0.15, 0.2) is 25.3 Å². The molecule has 1 N–H and O–H groups in total. The van der Waals surface area contributed by atoms with E-state index >= 15 is 0 Å². The molecular weight excluding hydrogens is 184 g/mol. The number of aromatic hydroxyl groups is 1. The summed E-state index contributed by atoms with van der Waals surface area (Å²) in [4.78, 5) is 0. The van der Waals surface area contributed by atoms with Gasteiger partial charge in [0.2, 0.25) is 0 Å². The van der Waals surface area contributed by atoms with Gasteiger partial charge in [-0.1, -0.05) is 38.5 Å². The normalized spacial score (nSPS) is 10.5. The van der Waals surface area contributed by atoms with Gasteiger partial charge in [-0.25, -0.2) is 0 Å². The molecule has 0 spiro atoms. The molecule has 15 heavy (non-hydrogen) atoms. The van der Waals surface area contributed by atoms with Crippen molar-refractivity contribution in [3.05, 3.63) is 42.0 Å². The maximum atomic E-state index is 9.86. The van der Waals surface area contributed by atoms with E-state index in [0.717, 1.165) is 11.1 Å². The number of phenols is 1. The molecule has 0 fully saturated rings. The molecule has 0 saturated carbocycles. The maximum Gasteiger partial charge on any atom is 0.122 e. The molecule has 0 aliphatic rings. The van der Waals surface area contributed by atoms with Crippen LogP contribution in [0.4, 0.5) is 0 Å². The van der Waals surface area contributed by atoms with E-state index < -0.39 is 0 Å². The molecule has 0 aliphatic heterocycles. The molecule has 0 amide bonds. The first-order chi connectivity index (χ1) is 6.82. The Morgan fingerprint density at radius 2 is 1.53 bits per heavy atom. The summed E-state index contributed by atoms with van der Waals surface area (Å²) in [5, 5.41) is 9.86. The second-order valence-electron chi connectivity index (χ2n) is 4.73. The second kappa shape index (κ2) is 5.01. The average Bonchev–Trinajstić information content (AvgIpc) is 2.13. The van der Waals surface area contributed by atoms with Gasteiger partial charge in [0.25, 0.3) is 0 Å². The molecule has 0 unspecified atom stereocenters. The maximum absolute atomic E-state index is 9.86. The molecule has 1 aromatic rings. The Labute approximate surface area is 93.5 Å². The number of phenolic OH excluding ortho intramolecular Hbond substituents is 1. The van der Waals surface area contributed by atoms with Crippen LogP contribution in [0.5, 0.6) is 5.75 Å². The van der Waals surface area contributed by atoms with Crippen LogP contribution in [0.3, 0.4) is 0 Å². The Bertz CT molecular complexity index is 332. The van der Waals surface area contributed by atoms with Crippen molar-refractivity contribution >= 4 is 0 Å². The van der Waals surface area contributed by atoms with Gasteiger partial charge in [-0.05, 0) is 30.4 Å². The van der Waals surface area contributed by atoms with E-state index in [9.17, 15) is 5.11 Å². The third-order valence-electron chi connectivity index (χ3n) is 2.25. The molecule has 0 aromatic heterocycles. The van der Waals surface area contributed by atoms with Crippen LogP contribution in [0.1, 0.15) is 37.5 Å². The summed E-state index contributed by atoms with van der Waals surface area (Å²) in [7, 11) is 0. The Hall–Kier alpha value is -1.24. The summed E-state index contributed by atoms with van der Waals surface area (Å²) in [5.74, 6) is 0.443. The van der Waals surface area contributed by atoms with Crippen molar-refractivity contribution in [1.82, 2.24) is 0 Å². The molecule has 0 aliphatic carbocycles. The molecule has 0 atom stereocenters. The van der Waals surface area contributed by atoms with Gasteiger partial charge in [0, 0.05) is 0 Å². The van der Waals surface area contributed by atoms with Crippen molar-refractivity contribution in [2.45, 2.75) is 40.0 Å². The lowest BCUT2D eigenvalue weighted by Gasteiger charge is -2.22. The summed E-state index contributed by atoms with van der Waals surface area (Å²) in [6.45, 7) is 16.3.